The third-order valence-corrected chi connectivity index (χ3v) is 6.90. The van der Waals surface area contributed by atoms with Crippen molar-refractivity contribution in [3.05, 3.63) is 80.3 Å². The molecule has 0 bridgehead atoms. The number of halogens is 1. The number of benzene rings is 2. The molecule has 0 aliphatic rings. The summed E-state index contributed by atoms with van der Waals surface area (Å²) in [6, 6.07) is 11.2. The Labute approximate surface area is 175 Å². The van der Waals surface area contributed by atoms with E-state index in [2.05, 4.69) is 5.32 Å². The van der Waals surface area contributed by atoms with Gasteiger partial charge in [-0.1, -0.05) is 23.7 Å². The molecule has 150 valence electrons. The van der Waals surface area contributed by atoms with Gasteiger partial charge in [-0.05, 0) is 46.7 Å². The van der Waals surface area contributed by atoms with E-state index in [-0.39, 0.29) is 5.69 Å². The van der Waals surface area contributed by atoms with Crippen LogP contribution in [0.1, 0.15) is 16.8 Å². The largest absolute Gasteiger partial charge is 0.344 e. The van der Waals surface area contributed by atoms with Gasteiger partial charge in [0.25, 0.3) is 5.69 Å². The van der Waals surface area contributed by atoms with Gasteiger partial charge in [-0.2, -0.15) is 0 Å². The second kappa shape index (κ2) is 8.47. The number of nitrogens with zero attached hydrogens (tertiary/aromatic N) is 1. The number of para-hydroxylation sites is 1. The van der Waals surface area contributed by atoms with Gasteiger partial charge in [-0.3, -0.25) is 19.5 Å². The third kappa shape index (κ3) is 4.74. The highest BCUT2D eigenvalue weighted by Crippen LogP contribution is 2.54. The zero-order valence-electron chi connectivity index (χ0n) is 15.1. The van der Waals surface area contributed by atoms with Gasteiger partial charge in [0.1, 0.15) is 5.66 Å². The zero-order chi connectivity index (χ0) is 21.2. The van der Waals surface area contributed by atoms with Crippen molar-refractivity contribution in [3.8, 4) is 0 Å². The average Bonchev–Trinajstić information content (AvgIpc) is 3.03. The van der Waals surface area contributed by atoms with Gasteiger partial charge < -0.3 is 10.2 Å². The topological polar surface area (TPSA) is 110 Å². The van der Waals surface area contributed by atoms with Gasteiger partial charge in [0.15, 0.2) is 0 Å². The predicted octanol–water partition coefficient (Wildman–Crippen LogP) is 5.19. The lowest BCUT2D eigenvalue weighted by Gasteiger charge is -2.18. The second-order valence-corrected chi connectivity index (χ2v) is 10.1. The number of carbonyl (C=O) groups excluding carboxylic acids is 1. The third-order valence-electron chi connectivity index (χ3n) is 4.21. The lowest BCUT2D eigenvalue weighted by molar-refractivity contribution is -0.385. The molecule has 0 aliphatic carbocycles. The van der Waals surface area contributed by atoms with E-state index in [1.54, 1.807) is 29.6 Å². The van der Waals surface area contributed by atoms with E-state index in [1.165, 1.54) is 41.8 Å². The molecule has 0 spiro atoms. The summed E-state index contributed by atoms with van der Waals surface area (Å²) in [5, 5.41) is 16.3. The maximum Gasteiger partial charge on any atom is 0.276 e. The summed E-state index contributed by atoms with van der Waals surface area (Å²) in [6.45, 7) is 1.12. The van der Waals surface area contributed by atoms with Crippen molar-refractivity contribution in [2.45, 2.75) is 5.66 Å². The summed E-state index contributed by atoms with van der Waals surface area (Å²) in [5.74, 6) is -0.687. The van der Waals surface area contributed by atoms with Gasteiger partial charge in [0.05, 0.1) is 10.5 Å². The lowest BCUT2D eigenvalue weighted by atomic mass is 10.1. The van der Waals surface area contributed by atoms with Crippen molar-refractivity contribution >= 4 is 58.1 Å². The summed E-state index contributed by atoms with van der Waals surface area (Å²) in [4.78, 5) is 33.5. The number of hydrogen-bond donors (Lipinski definition) is 2. The molecule has 0 fully saturated rings. The van der Waals surface area contributed by atoms with Gasteiger partial charge in [0.2, 0.25) is 13.3 Å². The van der Waals surface area contributed by atoms with Crippen LogP contribution in [0.3, 0.4) is 0 Å². The highest BCUT2D eigenvalue weighted by Gasteiger charge is 2.36. The molecule has 7 nitrogen and oxygen atoms in total. The van der Waals surface area contributed by atoms with Crippen LogP contribution in [0.15, 0.2) is 54.0 Å². The smallest absolute Gasteiger partial charge is 0.276 e. The molecule has 2 atom stereocenters. The van der Waals surface area contributed by atoms with Gasteiger partial charge in [0, 0.05) is 28.7 Å². The molecule has 1 heterocycles. The lowest BCUT2D eigenvalue weighted by Crippen LogP contribution is -2.25. The minimum atomic E-state index is -3.87. The number of carbonyl (C=O) groups is 1. The first-order valence-corrected chi connectivity index (χ1v) is 11.8. The second-order valence-electron chi connectivity index (χ2n) is 6.34. The van der Waals surface area contributed by atoms with Crippen molar-refractivity contribution in [1.82, 2.24) is 5.32 Å². The van der Waals surface area contributed by atoms with E-state index in [0.717, 1.165) is 11.4 Å². The minimum Gasteiger partial charge on any atom is -0.344 e. The highest BCUT2D eigenvalue weighted by molar-refractivity contribution is 7.58. The molecule has 3 rings (SSSR count). The van der Waals surface area contributed by atoms with Crippen LogP contribution in [0.2, 0.25) is 5.02 Å². The first-order valence-electron chi connectivity index (χ1n) is 8.35. The summed E-state index contributed by atoms with van der Waals surface area (Å²) in [6.07, 6.45) is 2.60. The van der Waals surface area contributed by atoms with Crippen LogP contribution in [0, 0.1) is 10.1 Å². The molecule has 0 saturated heterocycles. The number of hydrogen-bond acceptors (Lipinski definition) is 5. The molecule has 2 unspecified atom stereocenters. The maximum absolute atomic E-state index is 12.8. The van der Waals surface area contributed by atoms with Crippen LogP contribution in [0.4, 0.5) is 5.69 Å². The van der Waals surface area contributed by atoms with Crippen molar-refractivity contribution in [1.29, 1.82) is 0 Å². The van der Waals surface area contributed by atoms with E-state index in [0.29, 0.717) is 21.5 Å². The summed E-state index contributed by atoms with van der Waals surface area (Å²) < 4.78 is 13.4. The SMILES string of the molecule is CP(=O)(O)C(C(=O)NC=Cc1ccccc1[N+](=O)[O-])c1csc2ccc(Cl)cc12. The Kier molecular flexibility index (Phi) is 6.19. The molecule has 3 aromatic rings. The van der Waals surface area contributed by atoms with Crippen LogP contribution in [0.25, 0.3) is 16.2 Å². The Morgan fingerprint density at radius 3 is 2.76 bits per heavy atom. The number of fused-ring (bicyclic) bond motifs is 1. The number of rotatable bonds is 6. The van der Waals surface area contributed by atoms with Crippen LogP contribution < -0.4 is 5.32 Å². The monoisotopic (exact) mass is 450 g/mol. The van der Waals surface area contributed by atoms with E-state index in [4.69, 9.17) is 11.6 Å². The molecular formula is C19H16ClN2O5PS. The Morgan fingerprint density at radius 1 is 1.34 bits per heavy atom. The first kappa shape index (κ1) is 21.2. The molecule has 0 saturated carbocycles. The fourth-order valence-corrected chi connectivity index (χ4v) is 5.42. The first-order chi connectivity index (χ1) is 13.7. The van der Waals surface area contributed by atoms with E-state index >= 15 is 0 Å². The van der Waals surface area contributed by atoms with Crippen molar-refractivity contribution < 1.29 is 19.2 Å². The maximum atomic E-state index is 12.8. The number of nitro benzene ring substituents is 1. The van der Waals surface area contributed by atoms with Crippen LogP contribution in [0.5, 0.6) is 0 Å². The molecule has 1 aromatic heterocycles. The Hall–Kier alpha value is -2.51. The zero-order valence-corrected chi connectivity index (χ0v) is 17.6. The fraction of sp³-hybridized carbons (Fsp3) is 0.105. The summed E-state index contributed by atoms with van der Waals surface area (Å²) in [7, 11) is -3.87. The standard InChI is InChI=1S/C19H16ClN2O5PS/c1-28(26,27)18(15-11-29-17-7-6-13(20)10-14(15)17)19(23)21-9-8-12-4-2-3-5-16(12)22(24)25/h2-11,18H,1H3,(H,21,23)(H,26,27). The van der Waals surface area contributed by atoms with Gasteiger partial charge >= 0.3 is 0 Å². The molecule has 29 heavy (non-hydrogen) atoms. The number of nitro groups is 1. The number of amides is 1. The normalized spacial score (nSPS) is 14.6. The molecule has 10 heteroatoms. The Bertz CT molecular complexity index is 1170. The van der Waals surface area contributed by atoms with Crippen LogP contribution in [-0.2, 0) is 9.36 Å². The molecule has 1 amide bonds. The van der Waals surface area contributed by atoms with Gasteiger partial charge in [-0.25, -0.2) is 0 Å². The van der Waals surface area contributed by atoms with Crippen LogP contribution in [-0.4, -0.2) is 22.4 Å². The van der Waals surface area contributed by atoms with E-state index in [1.807, 2.05) is 0 Å². The molecule has 2 N–H and O–H groups in total. The summed E-state index contributed by atoms with van der Waals surface area (Å²) >= 11 is 7.39. The number of nitrogens with one attached hydrogen (secondary N) is 1. The summed E-state index contributed by atoms with van der Waals surface area (Å²) in [5.41, 5.74) is -0.704. The Morgan fingerprint density at radius 2 is 2.07 bits per heavy atom. The van der Waals surface area contributed by atoms with Crippen molar-refractivity contribution in [3.63, 3.8) is 0 Å². The quantitative estimate of drug-likeness (QED) is 0.305. The molecule has 0 radical (unpaired) electrons. The van der Waals surface area contributed by atoms with Crippen molar-refractivity contribution in [2.75, 3.05) is 6.66 Å². The predicted molar refractivity (Wildman–Crippen MR) is 116 cm³/mol. The van der Waals surface area contributed by atoms with Crippen molar-refractivity contribution in [2.24, 2.45) is 0 Å². The van der Waals surface area contributed by atoms with Crippen LogP contribution >= 0.6 is 30.3 Å². The van der Waals surface area contributed by atoms with E-state index in [9.17, 15) is 24.4 Å². The average molecular weight is 451 g/mol. The minimum absolute atomic E-state index is 0.114. The number of thiophene rings is 1. The van der Waals surface area contributed by atoms with E-state index < -0.39 is 23.9 Å². The fourth-order valence-electron chi connectivity index (χ4n) is 2.94. The van der Waals surface area contributed by atoms with Gasteiger partial charge in [-0.15, -0.1) is 11.3 Å². The Balaban J connectivity index is 1.91. The molecule has 0 aliphatic heterocycles. The molecular weight excluding hydrogens is 435 g/mol. The molecule has 2 aromatic carbocycles. The highest BCUT2D eigenvalue weighted by atomic mass is 35.5.